The van der Waals surface area contributed by atoms with Crippen molar-refractivity contribution in [2.75, 3.05) is 20.3 Å². The Morgan fingerprint density at radius 1 is 1.38 bits per heavy atom. The van der Waals surface area contributed by atoms with E-state index in [9.17, 15) is 4.79 Å². The maximum Gasteiger partial charge on any atom is 0.253 e. The van der Waals surface area contributed by atoms with Crippen molar-refractivity contribution in [1.82, 2.24) is 10.6 Å². The van der Waals surface area contributed by atoms with Crippen LogP contribution in [-0.2, 0) is 9.53 Å². The smallest absolute Gasteiger partial charge is 0.253 e. The van der Waals surface area contributed by atoms with E-state index < -0.39 is 6.04 Å². The van der Waals surface area contributed by atoms with E-state index in [1.165, 1.54) is 0 Å². The SMILES string of the molecule is COCCN=C1NC(=O)C(c2cccc(OC(C)C)c2)N1. The number of nitrogens with zero attached hydrogens (tertiary/aromatic N) is 1. The zero-order valence-corrected chi connectivity index (χ0v) is 12.6. The molecule has 0 spiro atoms. The van der Waals surface area contributed by atoms with E-state index >= 15 is 0 Å². The number of methoxy groups -OCH3 is 1. The molecule has 1 unspecified atom stereocenters. The number of hydrogen-bond acceptors (Lipinski definition) is 4. The highest BCUT2D eigenvalue weighted by Crippen LogP contribution is 2.22. The molecule has 2 N–H and O–H groups in total. The van der Waals surface area contributed by atoms with E-state index in [1.54, 1.807) is 7.11 Å². The number of carbonyl (C=O) groups is 1. The second-order valence-electron chi connectivity index (χ2n) is 5.03. The lowest BCUT2D eigenvalue weighted by atomic mass is 10.1. The summed E-state index contributed by atoms with van der Waals surface area (Å²) in [6.07, 6.45) is 0.0942. The Morgan fingerprint density at radius 3 is 2.90 bits per heavy atom. The number of amides is 1. The predicted octanol–water partition coefficient (Wildman–Crippen LogP) is 1.24. The minimum Gasteiger partial charge on any atom is -0.491 e. The summed E-state index contributed by atoms with van der Waals surface area (Å²) in [5.41, 5.74) is 0.850. The van der Waals surface area contributed by atoms with Gasteiger partial charge in [0.2, 0.25) is 0 Å². The quantitative estimate of drug-likeness (QED) is 0.774. The van der Waals surface area contributed by atoms with Gasteiger partial charge in [-0.2, -0.15) is 0 Å². The first-order chi connectivity index (χ1) is 10.1. The molecule has 1 aromatic rings. The first-order valence-corrected chi connectivity index (χ1v) is 6.97. The van der Waals surface area contributed by atoms with Crippen LogP contribution in [0.4, 0.5) is 0 Å². The fraction of sp³-hybridized carbons (Fsp3) is 0.467. The number of ether oxygens (including phenoxy) is 2. The molecule has 6 heteroatoms. The molecule has 1 saturated heterocycles. The molecular formula is C15H21N3O3. The van der Waals surface area contributed by atoms with Crippen LogP contribution in [0.25, 0.3) is 0 Å². The summed E-state index contributed by atoms with van der Waals surface area (Å²) < 4.78 is 10.6. The highest BCUT2D eigenvalue weighted by molar-refractivity contribution is 6.06. The molecule has 1 aliphatic rings. The van der Waals surface area contributed by atoms with E-state index in [0.29, 0.717) is 19.1 Å². The maximum absolute atomic E-state index is 12.0. The molecule has 1 aliphatic heterocycles. The summed E-state index contributed by atoms with van der Waals surface area (Å²) in [5.74, 6) is 1.12. The van der Waals surface area contributed by atoms with E-state index in [-0.39, 0.29) is 12.0 Å². The average Bonchev–Trinajstić information content (AvgIpc) is 2.80. The van der Waals surface area contributed by atoms with Gasteiger partial charge >= 0.3 is 0 Å². The molecule has 6 nitrogen and oxygen atoms in total. The third kappa shape index (κ3) is 4.19. The van der Waals surface area contributed by atoms with Crippen LogP contribution in [0.15, 0.2) is 29.3 Å². The Morgan fingerprint density at radius 2 is 2.19 bits per heavy atom. The van der Waals surface area contributed by atoms with Crippen LogP contribution in [0, 0.1) is 0 Å². The number of rotatable bonds is 6. The number of aliphatic imine (C=N–C) groups is 1. The molecule has 21 heavy (non-hydrogen) atoms. The van der Waals surface area contributed by atoms with Gasteiger partial charge in [0.05, 0.1) is 19.3 Å². The molecule has 0 aromatic heterocycles. The normalized spacial score (nSPS) is 19.7. The van der Waals surface area contributed by atoms with Gasteiger partial charge in [0.25, 0.3) is 5.91 Å². The summed E-state index contributed by atoms with van der Waals surface area (Å²) in [4.78, 5) is 16.3. The Kier molecular flexibility index (Phi) is 5.16. The van der Waals surface area contributed by atoms with E-state index in [2.05, 4.69) is 15.6 Å². The van der Waals surface area contributed by atoms with E-state index in [0.717, 1.165) is 11.3 Å². The lowest BCUT2D eigenvalue weighted by Gasteiger charge is -2.13. The topological polar surface area (TPSA) is 72.0 Å². The Hall–Kier alpha value is -2.08. The Labute approximate surface area is 124 Å². The molecule has 0 saturated carbocycles. The fourth-order valence-electron chi connectivity index (χ4n) is 2.04. The van der Waals surface area contributed by atoms with Gasteiger partial charge < -0.3 is 14.8 Å². The van der Waals surface area contributed by atoms with Gasteiger partial charge in [0.1, 0.15) is 11.8 Å². The number of nitrogens with one attached hydrogen (secondary N) is 2. The molecule has 1 atom stereocenters. The van der Waals surface area contributed by atoms with Gasteiger partial charge in [-0.1, -0.05) is 12.1 Å². The van der Waals surface area contributed by atoms with Crippen LogP contribution < -0.4 is 15.4 Å². The van der Waals surface area contributed by atoms with Crippen molar-refractivity contribution in [2.45, 2.75) is 26.0 Å². The summed E-state index contributed by atoms with van der Waals surface area (Å²) in [7, 11) is 1.61. The van der Waals surface area contributed by atoms with Crippen LogP contribution in [0.5, 0.6) is 5.75 Å². The van der Waals surface area contributed by atoms with Crippen LogP contribution in [0.2, 0.25) is 0 Å². The zero-order valence-electron chi connectivity index (χ0n) is 12.6. The van der Waals surface area contributed by atoms with Crippen LogP contribution >= 0.6 is 0 Å². The van der Waals surface area contributed by atoms with Gasteiger partial charge in [-0.05, 0) is 31.5 Å². The molecule has 114 valence electrons. The number of hydrogen-bond donors (Lipinski definition) is 2. The molecule has 1 heterocycles. The molecule has 1 fully saturated rings. The predicted molar refractivity (Wildman–Crippen MR) is 80.4 cm³/mol. The lowest BCUT2D eigenvalue weighted by Crippen LogP contribution is -2.26. The second-order valence-corrected chi connectivity index (χ2v) is 5.03. The third-order valence-electron chi connectivity index (χ3n) is 2.91. The molecule has 0 bridgehead atoms. The molecular weight excluding hydrogens is 270 g/mol. The van der Waals surface area contributed by atoms with Gasteiger partial charge in [-0.25, -0.2) is 0 Å². The number of benzene rings is 1. The lowest BCUT2D eigenvalue weighted by molar-refractivity contribution is -0.120. The maximum atomic E-state index is 12.0. The molecule has 1 amide bonds. The van der Waals surface area contributed by atoms with Crippen molar-refractivity contribution in [3.05, 3.63) is 29.8 Å². The largest absolute Gasteiger partial charge is 0.491 e. The Bertz CT molecular complexity index is 529. The van der Waals surface area contributed by atoms with Crippen LogP contribution in [0.3, 0.4) is 0 Å². The third-order valence-corrected chi connectivity index (χ3v) is 2.91. The van der Waals surface area contributed by atoms with Gasteiger partial charge in [-0.3, -0.25) is 15.1 Å². The minimum atomic E-state index is -0.443. The monoisotopic (exact) mass is 291 g/mol. The van der Waals surface area contributed by atoms with Crippen LogP contribution in [0.1, 0.15) is 25.5 Å². The fourth-order valence-corrected chi connectivity index (χ4v) is 2.04. The van der Waals surface area contributed by atoms with Gasteiger partial charge in [0, 0.05) is 7.11 Å². The summed E-state index contributed by atoms with van der Waals surface area (Å²) in [6, 6.07) is 7.08. The number of guanidine groups is 1. The Balaban J connectivity index is 2.08. The molecule has 0 aliphatic carbocycles. The standard InChI is InChI=1S/C15H21N3O3/c1-10(2)21-12-6-4-5-11(9-12)13-14(19)18-15(17-13)16-7-8-20-3/h4-6,9-10,13H,7-8H2,1-3H3,(H2,16,17,18,19). The van der Waals surface area contributed by atoms with E-state index in [4.69, 9.17) is 9.47 Å². The van der Waals surface area contributed by atoms with Crippen molar-refractivity contribution in [3.63, 3.8) is 0 Å². The minimum absolute atomic E-state index is 0.0942. The van der Waals surface area contributed by atoms with Crippen molar-refractivity contribution in [1.29, 1.82) is 0 Å². The highest BCUT2D eigenvalue weighted by atomic mass is 16.5. The molecule has 2 rings (SSSR count). The first-order valence-electron chi connectivity index (χ1n) is 6.97. The zero-order chi connectivity index (χ0) is 15.2. The number of carbonyl (C=O) groups excluding carboxylic acids is 1. The van der Waals surface area contributed by atoms with Crippen LogP contribution in [-0.4, -0.2) is 38.2 Å². The highest BCUT2D eigenvalue weighted by Gasteiger charge is 2.29. The summed E-state index contributed by atoms with van der Waals surface area (Å²) in [6.45, 7) is 4.95. The summed E-state index contributed by atoms with van der Waals surface area (Å²) in [5, 5.41) is 5.80. The second kappa shape index (κ2) is 7.08. The van der Waals surface area contributed by atoms with Crippen molar-refractivity contribution in [2.24, 2.45) is 4.99 Å². The van der Waals surface area contributed by atoms with Crippen molar-refractivity contribution >= 4 is 11.9 Å². The van der Waals surface area contributed by atoms with Crippen molar-refractivity contribution < 1.29 is 14.3 Å². The van der Waals surface area contributed by atoms with Crippen molar-refractivity contribution in [3.8, 4) is 5.75 Å². The summed E-state index contributed by atoms with van der Waals surface area (Å²) >= 11 is 0. The molecule has 0 radical (unpaired) electrons. The first kappa shape index (κ1) is 15.3. The van der Waals surface area contributed by atoms with Gasteiger partial charge in [-0.15, -0.1) is 0 Å². The molecule has 1 aromatic carbocycles. The van der Waals surface area contributed by atoms with E-state index in [1.807, 2.05) is 38.1 Å². The van der Waals surface area contributed by atoms with Gasteiger partial charge in [0.15, 0.2) is 5.96 Å². The average molecular weight is 291 g/mol.